The number of carbonyl (C=O) groups is 1. The fourth-order valence-electron chi connectivity index (χ4n) is 1.77. The van der Waals surface area contributed by atoms with Crippen LogP contribution in [0.4, 0.5) is 0 Å². The number of sulfone groups is 1. The van der Waals surface area contributed by atoms with Crippen LogP contribution in [0.25, 0.3) is 0 Å². The molecule has 19 heavy (non-hydrogen) atoms. The number of aryl methyl sites for hydroxylation is 2. The fourth-order valence-corrected chi connectivity index (χ4v) is 2.41. The first-order chi connectivity index (χ1) is 8.69. The minimum atomic E-state index is -2.99. The summed E-state index contributed by atoms with van der Waals surface area (Å²) in [6.07, 6.45) is 1.20. The zero-order chi connectivity index (χ0) is 14.6. The van der Waals surface area contributed by atoms with Gasteiger partial charge in [-0.25, -0.2) is 8.42 Å². The third-order valence-corrected chi connectivity index (χ3v) is 3.87. The molecule has 1 aromatic carbocycles. The van der Waals surface area contributed by atoms with Crippen LogP contribution in [0, 0.1) is 13.8 Å². The van der Waals surface area contributed by atoms with Crippen molar-refractivity contribution in [2.45, 2.75) is 13.8 Å². The Morgan fingerprint density at radius 2 is 1.89 bits per heavy atom. The monoisotopic (exact) mass is 283 g/mol. The standard InChI is InChI=1S/C14H21NO3S/c1-11-5-6-12(2)13(9-11)14(16)10-15(3)7-8-19(4,17)18/h5-6,9H,7-8,10H2,1-4H3. The summed E-state index contributed by atoms with van der Waals surface area (Å²) in [6, 6.07) is 5.78. The lowest BCUT2D eigenvalue weighted by Gasteiger charge is -2.16. The zero-order valence-corrected chi connectivity index (χ0v) is 12.8. The van der Waals surface area contributed by atoms with Gasteiger partial charge in [0.15, 0.2) is 5.78 Å². The highest BCUT2D eigenvalue weighted by atomic mass is 32.2. The number of ketones is 1. The second kappa shape index (κ2) is 6.30. The van der Waals surface area contributed by atoms with Crippen molar-refractivity contribution in [3.05, 3.63) is 34.9 Å². The molecular formula is C14H21NO3S. The van der Waals surface area contributed by atoms with Crippen LogP contribution in [0.1, 0.15) is 21.5 Å². The van der Waals surface area contributed by atoms with Crippen LogP contribution in [0.15, 0.2) is 18.2 Å². The van der Waals surface area contributed by atoms with Gasteiger partial charge in [0, 0.05) is 18.4 Å². The van der Waals surface area contributed by atoms with Gasteiger partial charge in [0.05, 0.1) is 12.3 Å². The van der Waals surface area contributed by atoms with Gasteiger partial charge in [-0.3, -0.25) is 9.69 Å². The highest BCUT2D eigenvalue weighted by molar-refractivity contribution is 7.90. The molecule has 1 aromatic rings. The van der Waals surface area contributed by atoms with Crippen LogP contribution < -0.4 is 0 Å². The predicted octanol–water partition coefficient (Wildman–Crippen LogP) is 1.46. The van der Waals surface area contributed by atoms with Crippen molar-refractivity contribution in [2.75, 3.05) is 32.1 Å². The van der Waals surface area contributed by atoms with Crippen LogP contribution in [0.2, 0.25) is 0 Å². The van der Waals surface area contributed by atoms with Gasteiger partial charge >= 0.3 is 0 Å². The van der Waals surface area contributed by atoms with Gasteiger partial charge < -0.3 is 0 Å². The molecule has 0 saturated carbocycles. The second-order valence-electron chi connectivity index (χ2n) is 5.11. The van der Waals surface area contributed by atoms with Gasteiger partial charge in [0.1, 0.15) is 9.84 Å². The molecule has 0 aliphatic heterocycles. The Bertz CT molecular complexity index is 564. The van der Waals surface area contributed by atoms with Crippen LogP contribution >= 0.6 is 0 Å². The lowest BCUT2D eigenvalue weighted by Crippen LogP contribution is -2.30. The van der Waals surface area contributed by atoms with Gasteiger partial charge in [0.25, 0.3) is 0 Å². The molecule has 0 fully saturated rings. The molecule has 0 bridgehead atoms. The number of likely N-dealkylation sites (N-methyl/N-ethyl adjacent to an activating group) is 1. The summed E-state index contributed by atoms with van der Waals surface area (Å²) in [5, 5.41) is 0. The summed E-state index contributed by atoms with van der Waals surface area (Å²) in [5.41, 5.74) is 2.71. The van der Waals surface area contributed by atoms with E-state index in [1.54, 1.807) is 11.9 Å². The number of hydrogen-bond donors (Lipinski definition) is 0. The highest BCUT2D eigenvalue weighted by Crippen LogP contribution is 2.11. The van der Waals surface area contributed by atoms with E-state index in [-0.39, 0.29) is 18.1 Å². The third-order valence-electron chi connectivity index (χ3n) is 2.95. The molecule has 0 aliphatic rings. The number of Topliss-reactive ketones (excluding diaryl/α,β-unsaturated/α-hetero) is 1. The van der Waals surface area contributed by atoms with Gasteiger partial charge in [0.2, 0.25) is 0 Å². The fraction of sp³-hybridized carbons (Fsp3) is 0.500. The smallest absolute Gasteiger partial charge is 0.177 e. The van der Waals surface area contributed by atoms with Crippen molar-refractivity contribution in [3.63, 3.8) is 0 Å². The first kappa shape index (κ1) is 15.9. The van der Waals surface area contributed by atoms with E-state index in [0.717, 1.165) is 11.1 Å². The zero-order valence-electron chi connectivity index (χ0n) is 11.9. The van der Waals surface area contributed by atoms with Crippen LogP contribution in [-0.2, 0) is 9.84 Å². The maximum atomic E-state index is 12.2. The Balaban J connectivity index is 2.66. The molecule has 0 radical (unpaired) electrons. The SMILES string of the molecule is Cc1ccc(C)c(C(=O)CN(C)CCS(C)(=O)=O)c1. The van der Waals surface area contributed by atoms with Crippen molar-refractivity contribution in [3.8, 4) is 0 Å². The van der Waals surface area contributed by atoms with Gasteiger partial charge in [-0.2, -0.15) is 0 Å². The number of nitrogens with zero attached hydrogens (tertiary/aromatic N) is 1. The van der Waals surface area contributed by atoms with Crippen LogP contribution in [-0.4, -0.2) is 51.2 Å². The van der Waals surface area contributed by atoms with E-state index in [1.807, 2.05) is 32.0 Å². The normalized spacial score (nSPS) is 11.8. The molecule has 0 aromatic heterocycles. The van der Waals surface area contributed by atoms with E-state index in [2.05, 4.69) is 0 Å². The Morgan fingerprint density at radius 3 is 2.47 bits per heavy atom. The van der Waals surface area contributed by atoms with Crippen molar-refractivity contribution < 1.29 is 13.2 Å². The number of hydrogen-bond acceptors (Lipinski definition) is 4. The lowest BCUT2D eigenvalue weighted by molar-refractivity contribution is 0.0948. The van der Waals surface area contributed by atoms with Crippen LogP contribution in [0.5, 0.6) is 0 Å². The minimum Gasteiger partial charge on any atom is -0.298 e. The van der Waals surface area contributed by atoms with E-state index in [0.29, 0.717) is 12.1 Å². The van der Waals surface area contributed by atoms with E-state index in [1.165, 1.54) is 6.26 Å². The maximum Gasteiger partial charge on any atom is 0.177 e. The average Bonchev–Trinajstić information content (AvgIpc) is 2.28. The van der Waals surface area contributed by atoms with Gasteiger partial charge in [-0.1, -0.05) is 17.7 Å². The molecule has 106 valence electrons. The quantitative estimate of drug-likeness (QED) is 0.742. The molecule has 0 atom stereocenters. The molecule has 0 unspecified atom stereocenters. The number of benzene rings is 1. The molecule has 1 rings (SSSR count). The average molecular weight is 283 g/mol. The lowest BCUT2D eigenvalue weighted by atomic mass is 10.0. The van der Waals surface area contributed by atoms with E-state index < -0.39 is 9.84 Å². The molecule has 0 saturated heterocycles. The number of rotatable bonds is 6. The second-order valence-corrected chi connectivity index (χ2v) is 7.37. The van der Waals surface area contributed by atoms with Crippen molar-refractivity contribution >= 4 is 15.6 Å². The van der Waals surface area contributed by atoms with E-state index >= 15 is 0 Å². The molecule has 0 N–H and O–H groups in total. The van der Waals surface area contributed by atoms with Crippen LogP contribution in [0.3, 0.4) is 0 Å². The highest BCUT2D eigenvalue weighted by Gasteiger charge is 2.13. The molecule has 0 heterocycles. The van der Waals surface area contributed by atoms with Crippen molar-refractivity contribution in [2.24, 2.45) is 0 Å². The summed E-state index contributed by atoms with van der Waals surface area (Å²) < 4.78 is 22.2. The summed E-state index contributed by atoms with van der Waals surface area (Å²) >= 11 is 0. The Hall–Kier alpha value is -1.20. The van der Waals surface area contributed by atoms with Gasteiger partial charge in [-0.15, -0.1) is 0 Å². The summed E-state index contributed by atoms with van der Waals surface area (Å²) in [7, 11) is -1.23. The summed E-state index contributed by atoms with van der Waals surface area (Å²) in [5.74, 6) is 0.0982. The Morgan fingerprint density at radius 1 is 1.26 bits per heavy atom. The first-order valence-corrected chi connectivity index (χ1v) is 8.22. The topological polar surface area (TPSA) is 54.5 Å². The molecular weight excluding hydrogens is 262 g/mol. The minimum absolute atomic E-state index is 0.0252. The van der Waals surface area contributed by atoms with Crippen molar-refractivity contribution in [1.29, 1.82) is 0 Å². The van der Waals surface area contributed by atoms with E-state index in [9.17, 15) is 13.2 Å². The largest absolute Gasteiger partial charge is 0.298 e. The number of carbonyl (C=O) groups excluding carboxylic acids is 1. The molecule has 0 amide bonds. The third kappa shape index (κ3) is 5.53. The van der Waals surface area contributed by atoms with Gasteiger partial charge in [-0.05, 0) is 32.5 Å². The summed E-state index contributed by atoms with van der Waals surface area (Å²) in [6.45, 7) is 4.46. The summed E-state index contributed by atoms with van der Waals surface area (Å²) in [4.78, 5) is 13.9. The van der Waals surface area contributed by atoms with E-state index in [4.69, 9.17) is 0 Å². The molecule has 0 aliphatic carbocycles. The molecule has 4 nitrogen and oxygen atoms in total. The Labute approximate surface area is 115 Å². The molecule has 5 heteroatoms. The predicted molar refractivity (Wildman–Crippen MR) is 77.5 cm³/mol. The Kier molecular flexibility index (Phi) is 5.26. The molecule has 0 spiro atoms. The maximum absolute atomic E-state index is 12.2. The van der Waals surface area contributed by atoms with Crippen molar-refractivity contribution in [1.82, 2.24) is 4.90 Å². The first-order valence-electron chi connectivity index (χ1n) is 6.16.